The molecular formula is C18H15N2O3+. The Balaban J connectivity index is 1.86. The third-order valence-corrected chi connectivity index (χ3v) is 3.49. The number of non-ortho nitro benzene ring substituents is 1. The van der Waals surface area contributed by atoms with Gasteiger partial charge in [-0.15, -0.1) is 0 Å². The highest BCUT2D eigenvalue weighted by Gasteiger charge is 2.15. The summed E-state index contributed by atoms with van der Waals surface area (Å²) in [6.45, 7) is 0. The molecule has 0 radical (unpaired) electrons. The van der Waals surface area contributed by atoms with E-state index in [-0.39, 0.29) is 5.69 Å². The lowest BCUT2D eigenvalue weighted by atomic mass is 10.1. The second kappa shape index (κ2) is 6.27. The van der Waals surface area contributed by atoms with Crippen LogP contribution in [0, 0.1) is 10.1 Å². The van der Waals surface area contributed by atoms with Crippen molar-refractivity contribution in [2.24, 2.45) is 7.05 Å². The zero-order chi connectivity index (χ0) is 16.2. The predicted octanol–water partition coefficient (Wildman–Crippen LogP) is 3.85. The third-order valence-electron chi connectivity index (χ3n) is 3.49. The molecule has 0 aliphatic heterocycles. The lowest BCUT2D eigenvalue weighted by molar-refractivity contribution is -0.844. The molecule has 2 aromatic carbocycles. The van der Waals surface area contributed by atoms with Crippen LogP contribution in [0.25, 0.3) is 23.5 Å². The molecule has 0 amide bonds. The fraction of sp³-hybridized carbons (Fsp3) is 0.0556. The first-order valence-electron chi connectivity index (χ1n) is 7.12. The van der Waals surface area contributed by atoms with Gasteiger partial charge < -0.3 is 0 Å². The summed E-state index contributed by atoms with van der Waals surface area (Å²) >= 11 is 0. The number of nitro groups is 1. The monoisotopic (exact) mass is 307 g/mol. The van der Waals surface area contributed by atoms with Gasteiger partial charge >= 0.3 is 0 Å². The van der Waals surface area contributed by atoms with Gasteiger partial charge in [-0.3, -0.25) is 10.1 Å². The lowest BCUT2D eigenvalue weighted by Crippen LogP contribution is -2.27. The Morgan fingerprint density at radius 2 is 1.74 bits per heavy atom. The van der Waals surface area contributed by atoms with Gasteiger partial charge in [-0.05, 0) is 28.5 Å². The molecule has 0 N–H and O–H groups in total. The molecule has 23 heavy (non-hydrogen) atoms. The summed E-state index contributed by atoms with van der Waals surface area (Å²) in [5, 5.41) is 10.7. The number of aromatic nitrogens is 1. The smallest absolute Gasteiger partial charge is 0.258 e. The fourth-order valence-electron chi connectivity index (χ4n) is 2.23. The molecule has 0 atom stereocenters. The Bertz CT molecular complexity index is 850. The van der Waals surface area contributed by atoms with Crippen molar-refractivity contribution in [2.45, 2.75) is 0 Å². The van der Waals surface area contributed by atoms with E-state index in [0.29, 0.717) is 5.76 Å². The quantitative estimate of drug-likeness (QED) is 0.418. The van der Waals surface area contributed by atoms with Crippen molar-refractivity contribution in [3.8, 4) is 11.3 Å². The van der Waals surface area contributed by atoms with E-state index in [4.69, 9.17) is 4.52 Å². The molecular weight excluding hydrogens is 292 g/mol. The summed E-state index contributed by atoms with van der Waals surface area (Å²) in [5.41, 5.74) is 2.87. The van der Waals surface area contributed by atoms with Gasteiger partial charge in [0.2, 0.25) is 5.76 Å². The Hall–Kier alpha value is -3.21. The molecule has 0 aliphatic rings. The Labute approximate surface area is 133 Å². The van der Waals surface area contributed by atoms with Gasteiger partial charge in [-0.25, -0.2) is 4.52 Å². The normalized spacial score (nSPS) is 11.0. The minimum absolute atomic E-state index is 0.0638. The maximum atomic E-state index is 10.7. The lowest BCUT2D eigenvalue weighted by Gasteiger charge is -1.93. The summed E-state index contributed by atoms with van der Waals surface area (Å²) < 4.78 is 7.35. The van der Waals surface area contributed by atoms with Crippen LogP contribution in [0.3, 0.4) is 0 Å². The second-order valence-electron chi connectivity index (χ2n) is 5.07. The van der Waals surface area contributed by atoms with Crippen LogP contribution in [0.4, 0.5) is 5.69 Å². The molecule has 0 aliphatic carbocycles. The van der Waals surface area contributed by atoms with Gasteiger partial charge in [0.05, 0.1) is 11.0 Å². The molecule has 0 bridgehead atoms. The zero-order valence-corrected chi connectivity index (χ0v) is 12.5. The highest BCUT2D eigenvalue weighted by Crippen LogP contribution is 2.23. The molecule has 3 aromatic rings. The standard InChI is InChI=1S/C18H15N2O3/c1-19-17(10-7-14-5-3-2-4-6-14)13-18(23-19)15-8-11-16(12-9-15)20(21)22/h2-13H,1H3/q+1/b10-7+. The number of hydrogen-bond donors (Lipinski definition) is 0. The van der Waals surface area contributed by atoms with Gasteiger partial charge in [-0.2, -0.15) is 0 Å². The number of nitrogens with zero attached hydrogens (tertiary/aromatic N) is 2. The molecule has 0 spiro atoms. The average molecular weight is 307 g/mol. The molecule has 0 saturated carbocycles. The van der Waals surface area contributed by atoms with Crippen LogP contribution in [0.15, 0.2) is 65.2 Å². The van der Waals surface area contributed by atoms with Crippen LogP contribution < -0.4 is 4.74 Å². The molecule has 5 nitrogen and oxygen atoms in total. The van der Waals surface area contributed by atoms with E-state index in [1.807, 2.05) is 55.6 Å². The maximum absolute atomic E-state index is 10.7. The summed E-state index contributed by atoms with van der Waals surface area (Å²) in [6.07, 6.45) is 3.97. The van der Waals surface area contributed by atoms with Crippen molar-refractivity contribution in [1.82, 2.24) is 0 Å². The van der Waals surface area contributed by atoms with E-state index < -0.39 is 4.92 Å². The Morgan fingerprint density at radius 1 is 1.04 bits per heavy atom. The number of rotatable bonds is 4. The van der Waals surface area contributed by atoms with Crippen LogP contribution in [-0.2, 0) is 7.05 Å². The minimum atomic E-state index is -0.417. The van der Waals surface area contributed by atoms with Crippen molar-refractivity contribution < 1.29 is 14.2 Å². The zero-order valence-electron chi connectivity index (χ0n) is 12.5. The molecule has 0 fully saturated rings. The minimum Gasteiger partial charge on any atom is -0.258 e. The number of hydrogen-bond acceptors (Lipinski definition) is 3. The van der Waals surface area contributed by atoms with Crippen LogP contribution in [-0.4, -0.2) is 4.92 Å². The van der Waals surface area contributed by atoms with E-state index in [2.05, 4.69) is 0 Å². The first-order valence-corrected chi connectivity index (χ1v) is 7.12. The predicted molar refractivity (Wildman–Crippen MR) is 87.3 cm³/mol. The van der Waals surface area contributed by atoms with Crippen LogP contribution in [0.1, 0.15) is 11.3 Å². The van der Waals surface area contributed by atoms with Gasteiger partial charge in [0.25, 0.3) is 11.4 Å². The number of nitro benzene ring substituents is 1. The SMILES string of the molecule is C[n+]1oc(-c2ccc([N+](=O)[O-])cc2)cc1/C=C/c1ccccc1. The van der Waals surface area contributed by atoms with Crippen molar-refractivity contribution in [3.05, 3.63) is 82.0 Å². The first-order chi connectivity index (χ1) is 11.1. The van der Waals surface area contributed by atoms with Crippen molar-refractivity contribution >= 4 is 17.8 Å². The van der Waals surface area contributed by atoms with Crippen molar-refractivity contribution in [2.75, 3.05) is 0 Å². The fourth-order valence-corrected chi connectivity index (χ4v) is 2.23. The van der Waals surface area contributed by atoms with Gasteiger partial charge in [0, 0.05) is 23.8 Å². The van der Waals surface area contributed by atoms with Crippen LogP contribution in [0.2, 0.25) is 0 Å². The number of benzene rings is 2. The molecule has 114 valence electrons. The van der Waals surface area contributed by atoms with Crippen LogP contribution >= 0.6 is 0 Å². The van der Waals surface area contributed by atoms with Gasteiger partial charge in [0.1, 0.15) is 0 Å². The van der Waals surface area contributed by atoms with E-state index in [1.54, 1.807) is 16.9 Å². The average Bonchev–Trinajstić information content (AvgIpc) is 2.95. The summed E-state index contributed by atoms with van der Waals surface area (Å²) in [4.78, 5) is 10.3. The Kier molecular flexibility index (Phi) is 4.01. The third kappa shape index (κ3) is 3.35. The maximum Gasteiger partial charge on any atom is 0.269 e. The van der Waals surface area contributed by atoms with Crippen molar-refractivity contribution in [3.63, 3.8) is 0 Å². The highest BCUT2D eigenvalue weighted by molar-refractivity contribution is 5.69. The topological polar surface area (TPSA) is 60.2 Å². The van der Waals surface area contributed by atoms with Gasteiger partial charge in [-0.1, -0.05) is 30.3 Å². The molecule has 0 saturated heterocycles. The summed E-state index contributed by atoms with van der Waals surface area (Å²) in [7, 11) is 1.82. The number of aryl methyl sites for hydroxylation is 1. The van der Waals surface area contributed by atoms with E-state index in [1.165, 1.54) is 12.1 Å². The molecule has 3 rings (SSSR count). The largest absolute Gasteiger partial charge is 0.269 e. The highest BCUT2D eigenvalue weighted by atomic mass is 16.6. The van der Waals surface area contributed by atoms with Crippen molar-refractivity contribution in [1.29, 1.82) is 0 Å². The molecule has 1 aromatic heterocycles. The summed E-state index contributed by atoms with van der Waals surface area (Å²) in [6, 6.07) is 18.2. The second-order valence-corrected chi connectivity index (χ2v) is 5.07. The Morgan fingerprint density at radius 3 is 2.39 bits per heavy atom. The molecule has 0 unspecified atom stereocenters. The van der Waals surface area contributed by atoms with Crippen LogP contribution in [0.5, 0.6) is 0 Å². The molecule has 1 heterocycles. The van der Waals surface area contributed by atoms with Gasteiger partial charge in [0.15, 0.2) is 7.05 Å². The first kappa shape index (κ1) is 14.7. The summed E-state index contributed by atoms with van der Waals surface area (Å²) in [5.74, 6) is 0.662. The van der Waals surface area contributed by atoms with E-state index >= 15 is 0 Å². The molecule has 5 heteroatoms. The van der Waals surface area contributed by atoms with E-state index in [9.17, 15) is 10.1 Å². The van der Waals surface area contributed by atoms with E-state index in [0.717, 1.165) is 16.8 Å².